The van der Waals surface area contributed by atoms with Gasteiger partial charge < -0.3 is 15.2 Å². The highest BCUT2D eigenvalue weighted by Gasteiger charge is 2.33. The van der Waals surface area contributed by atoms with Crippen molar-refractivity contribution in [3.8, 4) is 5.75 Å². The van der Waals surface area contributed by atoms with Crippen LogP contribution >= 0.6 is 0 Å². The van der Waals surface area contributed by atoms with Gasteiger partial charge in [-0.2, -0.15) is 13.1 Å². The Morgan fingerprint density at radius 3 is 2.63 bits per heavy atom. The van der Waals surface area contributed by atoms with Crippen LogP contribution in [-0.2, 0) is 27.9 Å². The maximum atomic E-state index is 13.0. The molecular formula is C20H20F2N2O5S. The van der Waals surface area contributed by atoms with E-state index in [4.69, 9.17) is 0 Å². The summed E-state index contributed by atoms with van der Waals surface area (Å²) in [4.78, 5) is 11.3. The maximum absolute atomic E-state index is 13.0. The number of aliphatic hydroxyl groups is 1. The summed E-state index contributed by atoms with van der Waals surface area (Å²) in [5.41, 5.74) is 2.46. The fourth-order valence-corrected chi connectivity index (χ4v) is 5.31. The van der Waals surface area contributed by atoms with Crippen LogP contribution in [-0.4, -0.2) is 36.6 Å². The Kier molecular flexibility index (Phi) is 5.48. The monoisotopic (exact) mass is 438 g/mol. The molecule has 2 atom stereocenters. The van der Waals surface area contributed by atoms with Crippen molar-refractivity contribution in [3.63, 3.8) is 0 Å². The first-order valence-electron chi connectivity index (χ1n) is 9.38. The average molecular weight is 438 g/mol. The summed E-state index contributed by atoms with van der Waals surface area (Å²) in [6.07, 6.45) is -0.163. The van der Waals surface area contributed by atoms with E-state index in [1.807, 2.05) is 18.2 Å². The summed E-state index contributed by atoms with van der Waals surface area (Å²) in [7, 11) is -3.92. The van der Waals surface area contributed by atoms with Gasteiger partial charge in [0.15, 0.2) is 0 Å². The quantitative estimate of drug-likeness (QED) is 0.747. The lowest BCUT2D eigenvalue weighted by molar-refractivity contribution is -0.127. The van der Waals surface area contributed by atoms with Crippen LogP contribution in [0.4, 0.5) is 8.78 Å². The lowest BCUT2D eigenvalue weighted by Crippen LogP contribution is -2.43. The molecule has 30 heavy (non-hydrogen) atoms. The van der Waals surface area contributed by atoms with Gasteiger partial charge in [0, 0.05) is 31.5 Å². The molecule has 2 aliphatic rings. The molecule has 0 aliphatic carbocycles. The molecule has 2 unspecified atom stereocenters. The number of sulfonamides is 1. The molecule has 1 amide bonds. The van der Waals surface area contributed by atoms with Crippen LogP contribution in [0.1, 0.15) is 35.4 Å². The van der Waals surface area contributed by atoms with Crippen molar-refractivity contribution in [1.29, 1.82) is 0 Å². The Bertz CT molecular complexity index is 1080. The van der Waals surface area contributed by atoms with Gasteiger partial charge in [-0.25, -0.2) is 8.42 Å². The molecule has 0 bridgehead atoms. The fraction of sp³-hybridized carbons (Fsp3) is 0.350. The van der Waals surface area contributed by atoms with E-state index < -0.39 is 22.9 Å². The SMILES string of the molecule is O=C1CCC(c2ccc3c(c2)CN(S(=O)(=O)c2cccc(OC(F)F)c2)C3)C(O)N1. The number of rotatable bonds is 5. The van der Waals surface area contributed by atoms with Crippen LogP contribution in [0, 0.1) is 0 Å². The second-order valence-electron chi connectivity index (χ2n) is 7.31. The number of carbonyl (C=O) groups is 1. The van der Waals surface area contributed by atoms with Crippen LogP contribution < -0.4 is 10.1 Å². The van der Waals surface area contributed by atoms with E-state index in [0.29, 0.717) is 12.8 Å². The molecule has 0 saturated carbocycles. The van der Waals surface area contributed by atoms with Gasteiger partial charge in [-0.3, -0.25) is 4.79 Å². The number of alkyl halides is 2. The molecular weight excluding hydrogens is 418 g/mol. The highest BCUT2D eigenvalue weighted by atomic mass is 32.2. The zero-order valence-corrected chi connectivity index (χ0v) is 16.6. The van der Waals surface area contributed by atoms with E-state index in [-0.39, 0.29) is 35.6 Å². The minimum absolute atomic E-state index is 0.126. The third kappa shape index (κ3) is 4.03. The van der Waals surface area contributed by atoms with Gasteiger partial charge in [0.05, 0.1) is 4.90 Å². The predicted octanol–water partition coefficient (Wildman–Crippen LogP) is 2.30. The Morgan fingerprint density at radius 2 is 1.90 bits per heavy atom. The highest BCUT2D eigenvalue weighted by Crippen LogP contribution is 2.34. The number of carbonyl (C=O) groups excluding carboxylic acids is 1. The molecule has 0 spiro atoms. The summed E-state index contributed by atoms with van der Waals surface area (Å²) < 4.78 is 56.5. The Morgan fingerprint density at radius 1 is 1.13 bits per heavy atom. The molecule has 0 aromatic heterocycles. The molecule has 10 heteroatoms. The van der Waals surface area contributed by atoms with Crippen molar-refractivity contribution in [3.05, 3.63) is 59.2 Å². The number of piperidine rings is 1. The molecule has 2 heterocycles. The first-order chi connectivity index (χ1) is 14.2. The molecule has 1 fully saturated rings. The summed E-state index contributed by atoms with van der Waals surface area (Å²) in [6, 6.07) is 10.5. The second kappa shape index (κ2) is 7.93. The van der Waals surface area contributed by atoms with Crippen molar-refractivity contribution in [1.82, 2.24) is 9.62 Å². The highest BCUT2D eigenvalue weighted by molar-refractivity contribution is 7.89. The van der Waals surface area contributed by atoms with Gasteiger partial charge >= 0.3 is 6.61 Å². The van der Waals surface area contributed by atoms with Crippen molar-refractivity contribution in [2.24, 2.45) is 0 Å². The number of nitrogens with one attached hydrogen (secondary N) is 1. The number of ether oxygens (including phenoxy) is 1. The number of hydrogen-bond donors (Lipinski definition) is 2. The molecule has 2 aromatic carbocycles. The van der Waals surface area contributed by atoms with Gasteiger partial charge in [0.1, 0.15) is 12.0 Å². The molecule has 0 radical (unpaired) electrons. The van der Waals surface area contributed by atoms with Gasteiger partial charge in [-0.15, -0.1) is 0 Å². The van der Waals surface area contributed by atoms with E-state index in [2.05, 4.69) is 10.1 Å². The van der Waals surface area contributed by atoms with E-state index in [9.17, 15) is 27.1 Å². The van der Waals surface area contributed by atoms with Crippen molar-refractivity contribution in [2.45, 2.75) is 49.6 Å². The van der Waals surface area contributed by atoms with Crippen LogP contribution in [0.3, 0.4) is 0 Å². The molecule has 1 saturated heterocycles. The Hall–Kier alpha value is -2.56. The van der Waals surface area contributed by atoms with Gasteiger partial charge in [-0.05, 0) is 35.2 Å². The minimum Gasteiger partial charge on any atom is -0.435 e. The van der Waals surface area contributed by atoms with Crippen LogP contribution in [0.25, 0.3) is 0 Å². The predicted molar refractivity (Wildman–Crippen MR) is 102 cm³/mol. The van der Waals surface area contributed by atoms with Gasteiger partial charge in [-0.1, -0.05) is 24.3 Å². The first kappa shape index (κ1) is 20.7. The molecule has 7 nitrogen and oxygen atoms in total. The van der Waals surface area contributed by atoms with E-state index in [1.165, 1.54) is 22.5 Å². The molecule has 160 valence electrons. The van der Waals surface area contributed by atoms with Crippen LogP contribution in [0.5, 0.6) is 5.75 Å². The topological polar surface area (TPSA) is 95.9 Å². The molecule has 2 N–H and O–H groups in total. The maximum Gasteiger partial charge on any atom is 0.387 e. The smallest absolute Gasteiger partial charge is 0.387 e. The van der Waals surface area contributed by atoms with E-state index >= 15 is 0 Å². The number of amides is 1. The Labute approximate surface area is 172 Å². The summed E-state index contributed by atoms with van der Waals surface area (Å²) in [5, 5.41) is 12.7. The zero-order chi connectivity index (χ0) is 21.5. The Balaban J connectivity index is 1.55. The van der Waals surface area contributed by atoms with E-state index in [1.54, 1.807) is 0 Å². The lowest BCUT2D eigenvalue weighted by atomic mass is 9.88. The number of halogens is 2. The normalized spacial score (nSPS) is 22.1. The summed E-state index contributed by atoms with van der Waals surface area (Å²) >= 11 is 0. The van der Waals surface area contributed by atoms with Gasteiger partial charge in [0.25, 0.3) is 0 Å². The van der Waals surface area contributed by atoms with E-state index in [0.717, 1.165) is 22.8 Å². The zero-order valence-electron chi connectivity index (χ0n) is 15.8. The van der Waals surface area contributed by atoms with Crippen molar-refractivity contribution >= 4 is 15.9 Å². The van der Waals surface area contributed by atoms with Crippen molar-refractivity contribution in [2.75, 3.05) is 0 Å². The first-order valence-corrected chi connectivity index (χ1v) is 10.8. The number of aliphatic hydroxyl groups excluding tert-OH is 1. The number of benzene rings is 2. The lowest BCUT2D eigenvalue weighted by Gasteiger charge is -2.28. The summed E-state index contributed by atoms with van der Waals surface area (Å²) in [6.45, 7) is -2.76. The molecule has 2 aliphatic heterocycles. The van der Waals surface area contributed by atoms with Crippen molar-refractivity contribution < 1.29 is 31.8 Å². The third-order valence-electron chi connectivity index (χ3n) is 5.39. The average Bonchev–Trinajstić information content (AvgIpc) is 3.12. The molecule has 2 aromatic rings. The second-order valence-corrected chi connectivity index (χ2v) is 9.25. The summed E-state index contributed by atoms with van der Waals surface area (Å²) in [5.74, 6) is -0.685. The number of fused-ring (bicyclic) bond motifs is 1. The number of hydrogen-bond acceptors (Lipinski definition) is 5. The van der Waals surface area contributed by atoms with Crippen LogP contribution in [0.15, 0.2) is 47.4 Å². The fourth-order valence-electron chi connectivity index (χ4n) is 3.87. The van der Waals surface area contributed by atoms with Gasteiger partial charge in [0.2, 0.25) is 15.9 Å². The third-order valence-corrected chi connectivity index (χ3v) is 7.18. The number of nitrogens with zero attached hydrogens (tertiary/aromatic N) is 1. The van der Waals surface area contributed by atoms with Crippen LogP contribution in [0.2, 0.25) is 0 Å². The molecule has 4 rings (SSSR count). The largest absolute Gasteiger partial charge is 0.435 e. The standard InChI is InChI=1S/C20H20F2N2O5S/c21-20(22)29-15-2-1-3-16(9-15)30(27,28)24-10-13-5-4-12(8-14(13)11-24)17-6-7-18(25)23-19(17)26/h1-5,8-9,17,19-20,26H,6-7,10-11H2,(H,23,25). The minimum atomic E-state index is -3.92.